The van der Waals surface area contributed by atoms with Crippen LogP contribution in [0, 0.1) is 0 Å². The van der Waals surface area contributed by atoms with Crippen molar-refractivity contribution in [2.24, 2.45) is 0 Å². The van der Waals surface area contributed by atoms with Gasteiger partial charge in [-0.1, -0.05) is 13.3 Å². The topological polar surface area (TPSA) is 113 Å². The zero-order chi connectivity index (χ0) is 16.2. The molecule has 0 radical (unpaired) electrons. The predicted octanol–water partition coefficient (Wildman–Crippen LogP) is 0.752. The van der Waals surface area contributed by atoms with Gasteiger partial charge >= 0.3 is 12.0 Å². The highest BCUT2D eigenvalue weighted by atomic mass is 32.2. The highest BCUT2D eigenvalue weighted by Crippen LogP contribution is 2.14. The molecule has 1 unspecified atom stereocenters. The van der Waals surface area contributed by atoms with Crippen LogP contribution in [-0.4, -0.2) is 48.6 Å². The molecule has 0 saturated heterocycles. The summed E-state index contributed by atoms with van der Waals surface area (Å²) in [7, 11) is -3.33. The zero-order valence-electron chi connectivity index (χ0n) is 12.6. The Morgan fingerprint density at radius 2 is 1.70 bits per heavy atom. The van der Waals surface area contributed by atoms with Crippen LogP contribution in [-0.2, 0) is 14.6 Å². The monoisotopic (exact) mass is 308 g/mol. The SMILES string of the molecule is CCCC(C)(NC(=O)NCC(C)(C)S(C)(=O)=O)C(=O)O. The minimum Gasteiger partial charge on any atom is -0.480 e. The lowest BCUT2D eigenvalue weighted by molar-refractivity contribution is -0.144. The van der Waals surface area contributed by atoms with Gasteiger partial charge in [-0.15, -0.1) is 0 Å². The minimum atomic E-state index is -3.33. The number of amides is 2. The summed E-state index contributed by atoms with van der Waals surface area (Å²) >= 11 is 0. The van der Waals surface area contributed by atoms with E-state index in [1.54, 1.807) is 0 Å². The van der Waals surface area contributed by atoms with E-state index in [4.69, 9.17) is 5.11 Å². The van der Waals surface area contributed by atoms with Crippen molar-refractivity contribution in [2.45, 2.75) is 50.8 Å². The number of carboxylic acid groups (broad SMARTS) is 1. The van der Waals surface area contributed by atoms with Gasteiger partial charge in [0, 0.05) is 12.8 Å². The Balaban J connectivity index is 4.69. The van der Waals surface area contributed by atoms with Crippen LogP contribution in [0.2, 0.25) is 0 Å². The molecule has 0 fully saturated rings. The van der Waals surface area contributed by atoms with Gasteiger partial charge in [-0.25, -0.2) is 18.0 Å². The summed E-state index contributed by atoms with van der Waals surface area (Å²) in [6.45, 7) is 6.11. The van der Waals surface area contributed by atoms with Crippen LogP contribution >= 0.6 is 0 Å². The molecule has 1 atom stereocenters. The van der Waals surface area contributed by atoms with Crippen LogP contribution in [0.4, 0.5) is 4.79 Å². The maximum Gasteiger partial charge on any atom is 0.329 e. The van der Waals surface area contributed by atoms with Gasteiger partial charge in [-0.3, -0.25) is 0 Å². The van der Waals surface area contributed by atoms with Crippen LogP contribution in [0.25, 0.3) is 0 Å². The minimum absolute atomic E-state index is 0.0977. The third kappa shape index (κ3) is 4.99. The molecular weight excluding hydrogens is 284 g/mol. The second-order valence-electron chi connectivity index (χ2n) is 5.73. The Bertz CT molecular complexity index is 472. The fraction of sp³-hybridized carbons (Fsp3) is 0.833. The maximum absolute atomic E-state index is 11.7. The van der Waals surface area contributed by atoms with Crippen molar-refractivity contribution in [3.63, 3.8) is 0 Å². The summed E-state index contributed by atoms with van der Waals surface area (Å²) in [6, 6.07) is -0.694. The van der Waals surface area contributed by atoms with Crippen LogP contribution < -0.4 is 10.6 Å². The van der Waals surface area contributed by atoms with Gasteiger partial charge in [0.2, 0.25) is 0 Å². The molecule has 0 aromatic rings. The number of carbonyl (C=O) groups excluding carboxylic acids is 1. The van der Waals surface area contributed by atoms with Crippen molar-refractivity contribution in [1.82, 2.24) is 10.6 Å². The number of rotatable bonds is 7. The van der Waals surface area contributed by atoms with E-state index in [0.29, 0.717) is 6.42 Å². The number of carbonyl (C=O) groups is 2. The van der Waals surface area contributed by atoms with E-state index < -0.39 is 32.1 Å². The second-order valence-corrected chi connectivity index (χ2v) is 8.38. The average Bonchev–Trinajstić information content (AvgIpc) is 2.25. The Labute approximate surface area is 120 Å². The fourth-order valence-electron chi connectivity index (χ4n) is 1.44. The van der Waals surface area contributed by atoms with Gasteiger partial charge in [0.25, 0.3) is 0 Å². The Morgan fingerprint density at radius 1 is 1.20 bits per heavy atom. The molecule has 20 heavy (non-hydrogen) atoms. The molecule has 0 heterocycles. The first-order valence-electron chi connectivity index (χ1n) is 6.35. The van der Waals surface area contributed by atoms with Crippen LogP contribution in [0.3, 0.4) is 0 Å². The van der Waals surface area contributed by atoms with Crippen molar-refractivity contribution < 1.29 is 23.1 Å². The smallest absolute Gasteiger partial charge is 0.329 e. The van der Waals surface area contributed by atoms with Gasteiger partial charge < -0.3 is 15.7 Å². The molecule has 118 valence electrons. The van der Waals surface area contributed by atoms with E-state index in [0.717, 1.165) is 6.26 Å². The summed E-state index contributed by atoms with van der Waals surface area (Å²) in [6.07, 6.45) is 1.97. The van der Waals surface area contributed by atoms with Crippen molar-refractivity contribution >= 4 is 21.8 Å². The number of hydrogen-bond donors (Lipinski definition) is 3. The van der Waals surface area contributed by atoms with E-state index >= 15 is 0 Å². The number of sulfone groups is 1. The summed E-state index contributed by atoms with van der Waals surface area (Å²) in [5, 5.41) is 13.9. The van der Waals surface area contributed by atoms with E-state index in [2.05, 4.69) is 10.6 Å². The molecule has 0 spiro atoms. The lowest BCUT2D eigenvalue weighted by atomic mass is 9.97. The first-order chi connectivity index (χ1) is 8.85. The molecule has 8 heteroatoms. The third-order valence-electron chi connectivity index (χ3n) is 3.29. The Kier molecular flexibility index (Phi) is 6.01. The Morgan fingerprint density at radius 3 is 2.05 bits per heavy atom. The standard InChI is InChI=1S/C12H24N2O5S/c1-6-7-12(4,9(15)16)14-10(17)13-8-11(2,3)20(5,18)19/h6-8H2,1-5H3,(H,15,16)(H2,13,14,17). The van der Waals surface area contributed by atoms with Gasteiger partial charge in [-0.2, -0.15) is 0 Å². The zero-order valence-corrected chi connectivity index (χ0v) is 13.4. The summed E-state index contributed by atoms with van der Waals surface area (Å²) in [5.74, 6) is -1.13. The third-order valence-corrected chi connectivity index (χ3v) is 5.44. The molecule has 0 aliphatic rings. The number of aliphatic carboxylic acids is 1. The molecule has 0 aromatic heterocycles. The number of hydrogen-bond acceptors (Lipinski definition) is 4. The number of urea groups is 1. The highest BCUT2D eigenvalue weighted by molar-refractivity contribution is 7.92. The van der Waals surface area contributed by atoms with E-state index in [1.165, 1.54) is 20.8 Å². The van der Waals surface area contributed by atoms with Gasteiger partial charge in [0.05, 0.1) is 4.75 Å². The fourth-order valence-corrected chi connectivity index (χ4v) is 1.78. The molecule has 0 bridgehead atoms. The Hall–Kier alpha value is -1.31. The largest absolute Gasteiger partial charge is 0.480 e. The van der Waals surface area contributed by atoms with E-state index in [-0.39, 0.29) is 13.0 Å². The molecule has 7 nitrogen and oxygen atoms in total. The molecular formula is C12H24N2O5S. The normalized spacial score (nSPS) is 15.2. The first-order valence-corrected chi connectivity index (χ1v) is 8.24. The van der Waals surface area contributed by atoms with Gasteiger partial charge in [0.1, 0.15) is 5.54 Å². The molecule has 0 aliphatic heterocycles. The lowest BCUT2D eigenvalue weighted by Gasteiger charge is -2.28. The molecule has 0 rings (SSSR count). The average molecular weight is 308 g/mol. The van der Waals surface area contributed by atoms with Crippen molar-refractivity contribution in [2.75, 3.05) is 12.8 Å². The van der Waals surface area contributed by atoms with Crippen LogP contribution in [0.1, 0.15) is 40.5 Å². The highest BCUT2D eigenvalue weighted by Gasteiger charge is 2.35. The molecule has 0 aromatic carbocycles. The molecule has 0 aliphatic carbocycles. The van der Waals surface area contributed by atoms with Crippen molar-refractivity contribution in [1.29, 1.82) is 0 Å². The number of nitrogens with one attached hydrogen (secondary N) is 2. The molecule has 0 saturated carbocycles. The summed E-state index contributed by atoms with van der Waals surface area (Å²) in [4.78, 5) is 22.9. The van der Waals surface area contributed by atoms with Gasteiger partial charge in [0.15, 0.2) is 9.84 Å². The maximum atomic E-state index is 11.7. The van der Waals surface area contributed by atoms with Crippen LogP contribution in [0.5, 0.6) is 0 Å². The van der Waals surface area contributed by atoms with Crippen molar-refractivity contribution in [3.8, 4) is 0 Å². The van der Waals surface area contributed by atoms with Crippen LogP contribution in [0.15, 0.2) is 0 Å². The van der Waals surface area contributed by atoms with Gasteiger partial charge in [-0.05, 0) is 27.2 Å². The molecule has 3 N–H and O–H groups in total. The quantitative estimate of drug-likeness (QED) is 0.642. The lowest BCUT2D eigenvalue weighted by Crippen LogP contribution is -2.57. The summed E-state index contributed by atoms with van der Waals surface area (Å²) < 4.78 is 21.9. The second kappa shape index (κ2) is 6.43. The van der Waals surface area contributed by atoms with Crippen molar-refractivity contribution in [3.05, 3.63) is 0 Å². The van der Waals surface area contributed by atoms with E-state index in [9.17, 15) is 18.0 Å². The first kappa shape index (κ1) is 18.7. The predicted molar refractivity (Wildman–Crippen MR) is 76.4 cm³/mol. The summed E-state index contributed by atoms with van der Waals surface area (Å²) in [5.41, 5.74) is -1.37. The number of carboxylic acids is 1. The molecule has 2 amide bonds. The van der Waals surface area contributed by atoms with E-state index in [1.807, 2.05) is 6.92 Å².